The minimum atomic E-state index is -0.809. The van der Waals surface area contributed by atoms with E-state index < -0.39 is 11.9 Å². The first-order valence-electron chi connectivity index (χ1n) is 7.30. The lowest BCUT2D eigenvalue weighted by atomic mass is 9.80. The summed E-state index contributed by atoms with van der Waals surface area (Å²) in [6.45, 7) is 1.04. The molecule has 112 valence electrons. The van der Waals surface area contributed by atoms with Crippen LogP contribution in [0.2, 0.25) is 0 Å². The van der Waals surface area contributed by atoms with E-state index in [9.17, 15) is 14.4 Å². The predicted molar refractivity (Wildman–Crippen MR) is 71.6 cm³/mol. The van der Waals surface area contributed by atoms with E-state index in [1.54, 1.807) is 4.90 Å². The maximum Gasteiger partial charge on any atom is 0.306 e. The zero-order chi connectivity index (χ0) is 14.7. The molecule has 0 aromatic heterocycles. The van der Waals surface area contributed by atoms with Gasteiger partial charge in [0.05, 0.1) is 11.8 Å². The molecule has 0 spiro atoms. The van der Waals surface area contributed by atoms with Crippen LogP contribution in [0.15, 0.2) is 0 Å². The number of carbonyl (C=O) groups is 3. The van der Waals surface area contributed by atoms with Crippen LogP contribution in [-0.4, -0.2) is 40.9 Å². The van der Waals surface area contributed by atoms with Gasteiger partial charge in [0.25, 0.3) is 0 Å². The third kappa shape index (κ3) is 3.29. The third-order valence-corrected chi connectivity index (χ3v) is 4.51. The number of amides is 2. The molecule has 2 amide bonds. The van der Waals surface area contributed by atoms with Crippen LogP contribution in [0.3, 0.4) is 0 Å². The second-order valence-electron chi connectivity index (χ2n) is 5.92. The number of carbonyl (C=O) groups excluding carboxylic acids is 2. The number of aliphatic carboxylic acids is 1. The molecule has 0 aromatic carbocycles. The van der Waals surface area contributed by atoms with E-state index >= 15 is 0 Å². The van der Waals surface area contributed by atoms with E-state index in [-0.39, 0.29) is 23.7 Å². The Labute approximate surface area is 118 Å². The molecule has 1 saturated heterocycles. The molecule has 1 aliphatic heterocycles. The zero-order valence-electron chi connectivity index (χ0n) is 11.6. The second kappa shape index (κ2) is 6.24. The molecule has 3 atom stereocenters. The molecule has 0 radical (unpaired) electrons. The number of hydrogen-bond donors (Lipinski definition) is 2. The molecule has 2 aliphatic rings. The Kier molecular flexibility index (Phi) is 4.62. The van der Waals surface area contributed by atoms with E-state index in [4.69, 9.17) is 10.8 Å². The van der Waals surface area contributed by atoms with Crippen LogP contribution in [0, 0.1) is 17.8 Å². The Hall–Kier alpha value is -1.59. The van der Waals surface area contributed by atoms with Crippen molar-refractivity contribution in [2.24, 2.45) is 23.5 Å². The first-order valence-corrected chi connectivity index (χ1v) is 7.30. The lowest BCUT2D eigenvalue weighted by Crippen LogP contribution is -2.47. The highest BCUT2D eigenvalue weighted by Gasteiger charge is 2.35. The number of rotatable bonds is 3. The van der Waals surface area contributed by atoms with Gasteiger partial charge >= 0.3 is 5.97 Å². The molecular weight excluding hydrogens is 260 g/mol. The molecule has 0 aromatic rings. The van der Waals surface area contributed by atoms with E-state index in [1.165, 1.54) is 0 Å². The summed E-state index contributed by atoms with van der Waals surface area (Å²) in [5, 5.41) is 9.08. The molecule has 6 nitrogen and oxygen atoms in total. The summed E-state index contributed by atoms with van der Waals surface area (Å²) in [7, 11) is 0. The Bertz CT molecular complexity index is 374. The van der Waals surface area contributed by atoms with Gasteiger partial charge < -0.3 is 15.7 Å². The molecular formula is C14H22N2O4. The van der Waals surface area contributed by atoms with Gasteiger partial charge in [-0.05, 0) is 32.1 Å². The summed E-state index contributed by atoms with van der Waals surface area (Å²) in [5.74, 6) is -2.04. The van der Waals surface area contributed by atoms with Gasteiger partial charge in [0.1, 0.15) is 0 Å². The molecule has 1 saturated carbocycles. The summed E-state index contributed by atoms with van der Waals surface area (Å²) in [6, 6.07) is 0. The van der Waals surface area contributed by atoms with E-state index in [1.807, 2.05) is 0 Å². The van der Waals surface area contributed by atoms with E-state index in [0.717, 1.165) is 25.7 Å². The number of hydrogen-bond acceptors (Lipinski definition) is 3. The fourth-order valence-corrected chi connectivity index (χ4v) is 3.31. The smallest absolute Gasteiger partial charge is 0.306 e. The highest BCUT2D eigenvalue weighted by molar-refractivity contribution is 5.82. The predicted octanol–water partition coefficient (Wildman–Crippen LogP) is 0.601. The molecule has 1 heterocycles. The van der Waals surface area contributed by atoms with Gasteiger partial charge in [0.15, 0.2) is 0 Å². The summed E-state index contributed by atoms with van der Waals surface area (Å²) in [4.78, 5) is 36.5. The molecule has 6 heteroatoms. The Morgan fingerprint density at radius 2 is 1.65 bits per heavy atom. The van der Waals surface area contributed by atoms with Crippen LogP contribution in [0.1, 0.15) is 38.5 Å². The lowest BCUT2D eigenvalue weighted by Gasteiger charge is -2.35. The summed E-state index contributed by atoms with van der Waals surface area (Å²) < 4.78 is 0. The maximum atomic E-state index is 12.5. The van der Waals surface area contributed by atoms with Crippen molar-refractivity contribution in [1.29, 1.82) is 0 Å². The van der Waals surface area contributed by atoms with Crippen molar-refractivity contribution in [3.05, 3.63) is 0 Å². The fourth-order valence-electron chi connectivity index (χ4n) is 3.31. The Morgan fingerprint density at radius 3 is 2.30 bits per heavy atom. The average Bonchev–Trinajstić information content (AvgIpc) is 2.46. The van der Waals surface area contributed by atoms with Crippen LogP contribution in [0.5, 0.6) is 0 Å². The number of nitrogens with zero attached hydrogens (tertiary/aromatic N) is 1. The average molecular weight is 282 g/mol. The molecule has 0 bridgehead atoms. The quantitative estimate of drug-likeness (QED) is 0.791. The van der Waals surface area contributed by atoms with Crippen molar-refractivity contribution in [3.8, 4) is 0 Å². The minimum absolute atomic E-state index is 0.00176. The summed E-state index contributed by atoms with van der Waals surface area (Å²) >= 11 is 0. The van der Waals surface area contributed by atoms with E-state index in [2.05, 4.69) is 0 Å². The van der Waals surface area contributed by atoms with Crippen molar-refractivity contribution < 1.29 is 19.5 Å². The van der Waals surface area contributed by atoms with Crippen molar-refractivity contribution in [2.45, 2.75) is 38.5 Å². The van der Waals surface area contributed by atoms with Crippen molar-refractivity contribution in [3.63, 3.8) is 0 Å². The minimum Gasteiger partial charge on any atom is -0.481 e. The Morgan fingerprint density at radius 1 is 1.00 bits per heavy atom. The van der Waals surface area contributed by atoms with E-state index in [0.29, 0.717) is 25.9 Å². The SMILES string of the molecule is NC(=O)[C@@H]1CCCN(C(=O)[C@H]2CCC[C@@H](C(=O)O)C2)C1. The number of likely N-dealkylation sites (tertiary alicyclic amines) is 1. The van der Waals surface area contributed by atoms with Crippen molar-refractivity contribution in [2.75, 3.05) is 13.1 Å². The fraction of sp³-hybridized carbons (Fsp3) is 0.786. The topological polar surface area (TPSA) is 101 Å². The van der Waals surface area contributed by atoms with Crippen molar-refractivity contribution >= 4 is 17.8 Å². The van der Waals surface area contributed by atoms with Gasteiger partial charge in [0.2, 0.25) is 11.8 Å². The highest BCUT2D eigenvalue weighted by atomic mass is 16.4. The summed E-state index contributed by atoms with van der Waals surface area (Å²) in [5.41, 5.74) is 5.32. The van der Waals surface area contributed by atoms with Gasteiger partial charge in [0, 0.05) is 19.0 Å². The molecule has 3 N–H and O–H groups in total. The standard InChI is InChI=1S/C14H22N2O4/c15-12(17)11-5-2-6-16(8-11)13(18)9-3-1-4-10(7-9)14(19)20/h9-11H,1-8H2,(H2,15,17)(H,19,20)/t9-,10+,11+/m0/s1. The van der Waals surface area contributed by atoms with Crippen LogP contribution in [-0.2, 0) is 14.4 Å². The zero-order valence-corrected chi connectivity index (χ0v) is 11.6. The van der Waals surface area contributed by atoms with Gasteiger partial charge in [-0.15, -0.1) is 0 Å². The Balaban J connectivity index is 1.96. The largest absolute Gasteiger partial charge is 0.481 e. The first-order chi connectivity index (χ1) is 9.49. The molecule has 2 fully saturated rings. The molecule has 1 aliphatic carbocycles. The third-order valence-electron chi connectivity index (χ3n) is 4.51. The number of nitrogens with two attached hydrogens (primary N) is 1. The van der Waals surface area contributed by atoms with Crippen LogP contribution >= 0.6 is 0 Å². The van der Waals surface area contributed by atoms with Gasteiger partial charge in [-0.25, -0.2) is 0 Å². The molecule has 0 unspecified atom stereocenters. The number of piperidine rings is 1. The highest BCUT2D eigenvalue weighted by Crippen LogP contribution is 2.31. The van der Waals surface area contributed by atoms with Crippen molar-refractivity contribution in [1.82, 2.24) is 4.90 Å². The maximum absolute atomic E-state index is 12.5. The monoisotopic (exact) mass is 282 g/mol. The molecule has 20 heavy (non-hydrogen) atoms. The first kappa shape index (κ1) is 14.8. The normalized spacial score (nSPS) is 30.8. The van der Waals surface area contributed by atoms with Gasteiger partial charge in [-0.3, -0.25) is 14.4 Å². The second-order valence-corrected chi connectivity index (χ2v) is 5.92. The van der Waals surface area contributed by atoms with Gasteiger partial charge in [-0.2, -0.15) is 0 Å². The van der Waals surface area contributed by atoms with Crippen LogP contribution in [0.4, 0.5) is 0 Å². The molecule has 2 rings (SSSR count). The summed E-state index contributed by atoms with van der Waals surface area (Å²) in [6.07, 6.45) is 4.13. The number of carboxylic acids is 1. The lowest BCUT2D eigenvalue weighted by molar-refractivity contribution is -0.146. The van der Waals surface area contributed by atoms with Gasteiger partial charge in [-0.1, -0.05) is 6.42 Å². The number of primary amides is 1. The van der Waals surface area contributed by atoms with Crippen LogP contribution in [0.25, 0.3) is 0 Å². The number of carboxylic acid groups (broad SMARTS) is 1. The van der Waals surface area contributed by atoms with Crippen LogP contribution < -0.4 is 5.73 Å².